The van der Waals surface area contributed by atoms with Crippen LogP contribution in [-0.4, -0.2) is 22.6 Å². The van der Waals surface area contributed by atoms with Crippen LogP contribution in [0.2, 0.25) is 0 Å². The quantitative estimate of drug-likeness (QED) is 0.505. The molecule has 152 valence electrons. The van der Waals surface area contributed by atoms with Gasteiger partial charge in [0.05, 0.1) is 27.2 Å². The van der Waals surface area contributed by atoms with Crippen molar-refractivity contribution < 1.29 is 22.8 Å². The van der Waals surface area contributed by atoms with Crippen molar-refractivity contribution in [3.8, 4) is 0 Å². The predicted molar refractivity (Wildman–Crippen MR) is 109 cm³/mol. The van der Waals surface area contributed by atoms with Crippen LogP contribution in [0, 0.1) is 0 Å². The van der Waals surface area contributed by atoms with Gasteiger partial charge in [0.1, 0.15) is 0 Å². The minimum absolute atomic E-state index is 0.0779. The Morgan fingerprint density at radius 1 is 1.10 bits per heavy atom. The number of halogens is 3. The summed E-state index contributed by atoms with van der Waals surface area (Å²) in [5, 5.41) is 5.07. The number of fused-ring (bicyclic) bond motifs is 1. The van der Waals surface area contributed by atoms with Gasteiger partial charge >= 0.3 is 6.18 Å². The van der Waals surface area contributed by atoms with E-state index in [1.54, 1.807) is 25.1 Å². The van der Waals surface area contributed by atoms with Crippen molar-refractivity contribution in [2.24, 2.45) is 0 Å². The van der Waals surface area contributed by atoms with Crippen molar-refractivity contribution in [1.82, 2.24) is 4.98 Å². The molecule has 2 aromatic carbocycles. The fraction of sp³-hybridized carbons (Fsp3) is 0.211. The molecule has 0 bridgehead atoms. The zero-order valence-electron chi connectivity index (χ0n) is 15.2. The summed E-state index contributed by atoms with van der Waals surface area (Å²) in [5.74, 6) is -0.730. The lowest BCUT2D eigenvalue weighted by atomic mass is 10.1. The van der Waals surface area contributed by atoms with Crippen molar-refractivity contribution in [1.29, 1.82) is 0 Å². The van der Waals surface area contributed by atoms with Crippen molar-refractivity contribution >= 4 is 56.5 Å². The molecule has 0 spiro atoms. The van der Waals surface area contributed by atoms with Gasteiger partial charge in [-0.15, -0.1) is 11.3 Å². The summed E-state index contributed by atoms with van der Waals surface area (Å²) in [6, 6.07) is 10.1. The van der Waals surface area contributed by atoms with Gasteiger partial charge in [0.2, 0.25) is 11.8 Å². The first kappa shape index (κ1) is 21.1. The fourth-order valence-electron chi connectivity index (χ4n) is 2.45. The summed E-state index contributed by atoms with van der Waals surface area (Å²) in [7, 11) is 0. The number of anilines is 2. The molecule has 3 rings (SSSR count). The number of carbonyl (C=O) groups is 2. The summed E-state index contributed by atoms with van der Waals surface area (Å²) < 4.78 is 40.5. The second-order valence-corrected chi connectivity index (χ2v) is 8.20. The Morgan fingerprint density at radius 2 is 1.86 bits per heavy atom. The molecule has 0 aliphatic rings. The van der Waals surface area contributed by atoms with Crippen LogP contribution in [0.3, 0.4) is 0 Å². The second kappa shape index (κ2) is 8.83. The van der Waals surface area contributed by atoms with Crippen LogP contribution in [-0.2, 0) is 15.8 Å². The monoisotopic (exact) mass is 439 g/mol. The summed E-state index contributed by atoms with van der Waals surface area (Å²) in [6.07, 6.45) is -4.18. The number of alkyl halides is 3. The molecule has 2 N–H and O–H groups in total. The third-order valence-electron chi connectivity index (χ3n) is 3.81. The number of benzene rings is 2. The van der Waals surface area contributed by atoms with Crippen LogP contribution in [0.4, 0.5) is 24.5 Å². The Hall–Kier alpha value is -2.59. The van der Waals surface area contributed by atoms with Gasteiger partial charge in [0.25, 0.3) is 0 Å². The van der Waals surface area contributed by atoms with Gasteiger partial charge in [-0.1, -0.05) is 30.8 Å². The average molecular weight is 439 g/mol. The average Bonchev–Trinajstić information content (AvgIpc) is 3.08. The van der Waals surface area contributed by atoms with Gasteiger partial charge in [-0.3, -0.25) is 9.59 Å². The lowest BCUT2D eigenvalue weighted by Crippen LogP contribution is -2.18. The minimum atomic E-state index is -4.55. The zero-order valence-corrected chi connectivity index (χ0v) is 16.8. The maximum absolute atomic E-state index is 13.0. The second-order valence-electron chi connectivity index (χ2n) is 5.94. The van der Waals surface area contributed by atoms with E-state index in [0.717, 1.165) is 28.0 Å². The minimum Gasteiger partial charge on any atom is -0.326 e. The molecule has 0 aliphatic carbocycles. The van der Waals surface area contributed by atoms with Crippen molar-refractivity contribution in [2.45, 2.75) is 23.9 Å². The van der Waals surface area contributed by atoms with Gasteiger partial charge in [-0.25, -0.2) is 4.98 Å². The molecule has 0 unspecified atom stereocenters. The number of hydrogen-bond donors (Lipinski definition) is 2. The van der Waals surface area contributed by atoms with Gasteiger partial charge in [-0.05, 0) is 30.3 Å². The number of thiazole rings is 1. The standard InChI is InChI=1S/C19H16F3N3O2S2/c1-2-16(26)23-11-7-8-14-15(9-11)29-18(25-14)28-10-17(27)24-13-6-4-3-5-12(13)19(20,21)22/h3-9H,2,10H2,1H3,(H,23,26)(H,24,27). The molecule has 1 aromatic heterocycles. The summed E-state index contributed by atoms with van der Waals surface area (Å²) >= 11 is 2.48. The number of hydrogen-bond acceptors (Lipinski definition) is 5. The van der Waals surface area contributed by atoms with E-state index in [1.807, 2.05) is 0 Å². The number of carbonyl (C=O) groups excluding carboxylic acids is 2. The first-order valence-corrected chi connectivity index (χ1v) is 10.4. The van der Waals surface area contributed by atoms with E-state index >= 15 is 0 Å². The van der Waals surface area contributed by atoms with E-state index in [0.29, 0.717) is 16.4 Å². The van der Waals surface area contributed by atoms with E-state index in [9.17, 15) is 22.8 Å². The molecular weight excluding hydrogens is 423 g/mol. The van der Waals surface area contributed by atoms with Crippen LogP contribution in [0.5, 0.6) is 0 Å². The zero-order chi connectivity index (χ0) is 21.0. The molecule has 3 aromatic rings. The highest BCUT2D eigenvalue weighted by atomic mass is 32.2. The third-order valence-corrected chi connectivity index (χ3v) is 5.97. The normalized spacial score (nSPS) is 11.4. The highest BCUT2D eigenvalue weighted by Gasteiger charge is 2.33. The predicted octanol–water partition coefficient (Wildman–Crippen LogP) is 5.39. The molecule has 29 heavy (non-hydrogen) atoms. The Morgan fingerprint density at radius 3 is 2.59 bits per heavy atom. The van der Waals surface area contributed by atoms with E-state index in [2.05, 4.69) is 15.6 Å². The number of thioether (sulfide) groups is 1. The van der Waals surface area contributed by atoms with E-state index in [-0.39, 0.29) is 17.3 Å². The lowest BCUT2D eigenvalue weighted by molar-refractivity contribution is -0.137. The first-order chi connectivity index (χ1) is 13.8. The molecule has 0 saturated heterocycles. The molecule has 0 atom stereocenters. The number of aromatic nitrogens is 1. The van der Waals surface area contributed by atoms with Gasteiger partial charge in [-0.2, -0.15) is 13.2 Å². The number of amides is 2. The Kier molecular flexibility index (Phi) is 6.43. The third kappa shape index (κ3) is 5.48. The Labute approximate surface area is 172 Å². The number of nitrogens with zero attached hydrogens (tertiary/aromatic N) is 1. The van der Waals surface area contributed by atoms with Gasteiger partial charge in [0, 0.05) is 12.1 Å². The molecule has 0 aliphatic heterocycles. The van der Waals surface area contributed by atoms with E-state index < -0.39 is 17.6 Å². The van der Waals surface area contributed by atoms with E-state index in [1.165, 1.54) is 29.5 Å². The van der Waals surface area contributed by atoms with Crippen LogP contribution in [0.1, 0.15) is 18.9 Å². The molecule has 5 nitrogen and oxygen atoms in total. The fourth-order valence-corrected chi connectivity index (χ4v) is 4.35. The van der Waals surface area contributed by atoms with Crippen LogP contribution < -0.4 is 10.6 Å². The topological polar surface area (TPSA) is 71.1 Å². The number of rotatable bonds is 6. The molecule has 0 radical (unpaired) electrons. The highest BCUT2D eigenvalue weighted by molar-refractivity contribution is 8.01. The number of para-hydroxylation sites is 1. The summed E-state index contributed by atoms with van der Waals surface area (Å²) in [4.78, 5) is 28.0. The molecule has 0 fully saturated rings. The largest absolute Gasteiger partial charge is 0.418 e. The van der Waals surface area contributed by atoms with Crippen LogP contribution >= 0.6 is 23.1 Å². The Bertz CT molecular complexity index is 1050. The molecule has 0 saturated carbocycles. The van der Waals surface area contributed by atoms with Crippen LogP contribution in [0.15, 0.2) is 46.8 Å². The Balaban J connectivity index is 1.65. The van der Waals surface area contributed by atoms with Gasteiger partial charge < -0.3 is 10.6 Å². The summed E-state index contributed by atoms with van der Waals surface area (Å²) in [5.41, 5.74) is 0.215. The van der Waals surface area contributed by atoms with Crippen molar-refractivity contribution in [2.75, 3.05) is 16.4 Å². The molecule has 1 heterocycles. The van der Waals surface area contributed by atoms with Crippen molar-refractivity contribution in [3.63, 3.8) is 0 Å². The highest BCUT2D eigenvalue weighted by Crippen LogP contribution is 2.35. The first-order valence-electron chi connectivity index (χ1n) is 8.55. The van der Waals surface area contributed by atoms with Crippen LogP contribution in [0.25, 0.3) is 10.2 Å². The smallest absolute Gasteiger partial charge is 0.326 e. The maximum Gasteiger partial charge on any atom is 0.418 e. The molecule has 2 amide bonds. The number of nitrogens with one attached hydrogen (secondary N) is 2. The van der Waals surface area contributed by atoms with Crippen molar-refractivity contribution in [3.05, 3.63) is 48.0 Å². The van der Waals surface area contributed by atoms with Gasteiger partial charge in [0.15, 0.2) is 4.34 Å². The SMILES string of the molecule is CCC(=O)Nc1ccc2nc(SCC(=O)Nc3ccccc3C(F)(F)F)sc2c1. The lowest BCUT2D eigenvalue weighted by Gasteiger charge is -2.13. The molecular formula is C19H16F3N3O2S2. The van der Waals surface area contributed by atoms with E-state index in [4.69, 9.17) is 0 Å². The summed E-state index contributed by atoms with van der Waals surface area (Å²) in [6.45, 7) is 1.76. The maximum atomic E-state index is 13.0. The molecule has 10 heteroatoms.